The Labute approximate surface area is 173 Å². The van der Waals surface area contributed by atoms with Crippen LogP contribution >= 0.6 is 0 Å². The maximum absolute atomic E-state index is 13.3. The maximum atomic E-state index is 13.3. The largest absolute Gasteiger partial charge is 0.347 e. The van der Waals surface area contributed by atoms with E-state index < -0.39 is 0 Å². The molecule has 0 bridgehead atoms. The summed E-state index contributed by atoms with van der Waals surface area (Å²) < 4.78 is 2.12. The van der Waals surface area contributed by atoms with Crippen molar-refractivity contribution in [3.63, 3.8) is 0 Å². The second kappa shape index (κ2) is 8.05. The van der Waals surface area contributed by atoms with Crippen molar-refractivity contribution in [1.29, 1.82) is 0 Å². The quantitative estimate of drug-likeness (QED) is 0.798. The Morgan fingerprint density at radius 1 is 0.931 bits per heavy atom. The topological polar surface area (TPSA) is 45.6 Å². The molecule has 2 aromatic rings. The first-order chi connectivity index (χ1) is 14.0. The monoisotopic (exact) mass is 393 g/mol. The summed E-state index contributed by atoms with van der Waals surface area (Å²) in [7, 11) is 2.03. The summed E-state index contributed by atoms with van der Waals surface area (Å²) in [6.45, 7) is 7.10. The van der Waals surface area contributed by atoms with Crippen LogP contribution in [0.5, 0.6) is 0 Å². The van der Waals surface area contributed by atoms with E-state index in [1.54, 1.807) is 6.92 Å². The third-order valence-corrected chi connectivity index (χ3v) is 7.00. The van der Waals surface area contributed by atoms with Gasteiger partial charge in [-0.25, -0.2) is 0 Å². The third kappa shape index (κ3) is 3.83. The molecule has 2 amide bonds. The number of nitrogens with zero attached hydrogens (tertiary/aromatic N) is 3. The van der Waals surface area contributed by atoms with E-state index in [2.05, 4.69) is 16.7 Å². The van der Waals surface area contributed by atoms with Crippen LogP contribution in [-0.4, -0.2) is 52.4 Å². The van der Waals surface area contributed by atoms with E-state index in [1.165, 1.54) is 0 Å². The third-order valence-electron chi connectivity index (χ3n) is 7.00. The van der Waals surface area contributed by atoms with Crippen LogP contribution in [0, 0.1) is 18.8 Å². The molecule has 5 heteroatoms. The van der Waals surface area contributed by atoms with Crippen LogP contribution in [0.4, 0.5) is 0 Å². The van der Waals surface area contributed by atoms with Crippen molar-refractivity contribution in [2.45, 2.75) is 33.1 Å². The maximum Gasteiger partial charge on any atom is 0.255 e. The number of aromatic nitrogens is 1. The van der Waals surface area contributed by atoms with Gasteiger partial charge >= 0.3 is 0 Å². The van der Waals surface area contributed by atoms with Crippen molar-refractivity contribution < 1.29 is 9.59 Å². The Bertz CT molecular complexity index is 894. The van der Waals surface area contributed by atoms with Gasteiger partial charge in [-0.05, 0) is 49.7 Å². The van der Waals surface area contributed by atoms with Gasteiger partial charge in [-0.3, -0.25) is 9.59 Å². The first-order valence-electron chi connectivity index (χ1n) is 10.7. The van der Waals surface area contributed by atoms with Crippen LogP contribution < -0.4 is 0 Å². The van der Waals surface area contributed by atoms with Crippen molar-refractivity contribution in [3.05, 3.63) is 47.7 Å². The summed E-state index contributed by atoms with van der Waals surface area (Å²) >= 11 is 0. The zero-order chi connectivity index (χ0) is 20.5. The molecule has 5 nitrogen and oxygen atoms in total. The smallest absolute Gasteiger partial charge is 0.255 e. The molecule has 2 aliphatic heterocycles. The van der Waals surface area contributed by atoms with Crippen LogP contribution in [0.2, 0.25) is 0 Å². The molecule has 0 saturated carbocycles. The second-order valence-corrected chi connectivity index (χ2v) is 8.60. The molecule has 0 N–H and O–H groups in total. The molecule has 4 rings (SSSR count). The molecule has 0 radical (unpaired) electrons. The van der Waals surface area contributed by atoms with Gasteiger partial charge in [0.1, 0.15) is 0 Å². The number of hydrogen-bond donors (Lipinski definition) is 0. The molecule has 154 valence electrons. The molecule has 1 aromatic carbocycles. The van der Waals surface area contributed by atoms with Gasteiger partial charge in [0, 0.05) is 51.5 Å². The standard InChI is InChI=1S/C24H31N3O2/c1-17-22(15-23(25(17)3)20-7-5-4-6-8-20)24(29)27-14-11-21(16-27)19-9-12-26(13-10-19)18(2)28/h4-8,15,19,21H,9-14,16H2,1-3H3. The highest BCUT2D eigenvalue weighted by atomic mass is 16.2. The highest BCUT2D eigenvalue weighted by Crippen LogP contribution is 2.33. The second-order valence-electron chi connectivity index (χ2n) is 8.60. The summed E-state index contributed by atoms with van der Waals surface area (Å²) in [5.41, 5.74) is 4.05. The molecule has 29 heavy (non-hydrogen) atoms. The van der Waals surface area contributed by atoms with E-state index in [9.17, 15) is 9.59 Å². The lowest BCUT2D eigenvalue weighted by atomic mass is 9.84. The van der Waals surface area contributed by atoms with E-state index in [0.29, 0.717) is 11.8 Å². The summed E-state index contributed by atoms with van der Waals surface area (Å²) in [6, 6.07) is 12.3. The van der Waals surface area contributed by atoms with E-state index in [-0.39, 0.29) is 11.8 Å². The van der Waals surface area contributed by atoms with Crippen LogP contribution in [0.1, 0.15) is 42.2 Å². The molecule has 3 heterocycles. The van der Waals surface area contributed by atoms with Gasteiger partial charge in [-0.2, -0.15) is 0 Å². The Balaban J connectivity index is 1.44. The summed E-state index contributed by atoms with van der Waals surface area (Å²) in [5, 5.41) is 0. The minimum Gasteiger partial charge on any atom is -0.347 e. The van der Waals surface area contributed by atoms with E-state index >= 15 is 0 Å². The van der Waals surface area contributed by atoms with Gasteiger partial charge in [0.15, 0.2) is 0 Å². The van der Waals surface area contributed by atoms with Crippen LogP contribution in [-0.2, 0) is 11.8 Å². The predicted octanol–water partition coefficient (Wildman–Crippen LogP) is 3.72. The molecule has 0 spiro atoms. The molecular weight excluding hydrogens is 362 g/mol. The molecule has 2 saturated heterocycles. The van der Waals surface area contributed by atoms with Crippen molar-refractivity contribution >= 4 is 11.8 Å². The van der Waals surface area contributed by atoms with Crippen LogP contribution in [0.25, 0.3) is 11.3 Å². The highest BCUT2D eigenvalue weighted by molar-refractivity contribution is 5.97. The van der Waals surface area contributed by atoms with Crippen molar-refractivity contribution in [2.24, 2.45) is 18.9 Å². The van der Waals surface area contributed by atoms with Gasteiger partial charge < -0.3 is 14.4 Å². The average Bonchev–Trinajstić information content (AvgIpc) is 3.34. The van der Waals surface area contributed by atoms with Crippen LogP contribution in [0.15, 0.2) is 36.4 Å². The Kier molecular flexibility index (Phi) is 5.48. The fourth-order valence-electron chi connectivity index (χ4n) is 5.01. The number of carbonyl (C=O) groups is 2. The predicted molar refractivity (Wildman–Crippen MR) is 115 cm³/mol. The summed E-state index contributed by atoms with van der Waals surface area (Å²) in [6.07, 6.45) is 3.21. The van der Waals surface area contributed by atoms with Crippen molar-refractivity contribution in [3.8, 4) is 11.3 Å². The first-order valence-corrected chi connectivity index (χ1v) is 10.7. The van der Waals surface area contributed by atoms with Crippen LogP contribution in [0.3, 0.4) is 0 Å². The molecule has 1 atom stereocenters. The number of carbonyl (C=O) groups excluding carboxylic acids is 2. The molecular formula is C24H31N3O2. The van der Waals surface area contributed by atoms with Crippen molar-refractivity contribution in [2.75, 3.05) is 26.2 Å². The number of likely N-dealkylation sites (tertiary alicyclic amines) is 2. The molecule has 2 aliphatic rings. The Morgan fingerprint density at radius 2 is 1.55 bits per heavy atom. The SMILES string of the molecule is CC(=O)N1CCC(C2CCN(C(=O)c3cc(-c4ccccc4)n(C)c3C)C2)CC1. The zero-order valence-electron chi connectivity index (χ0n) is 17.7. The van der Waals surface area contributed by atoms with Gasteiger partial charge in [-0.15, -0.1) is 0 Å². The first kappa shape index (κ1) is 19.7. The molecule has 2 fully saturated rings. The van der Waals surface area contributed by atoms with Gasteiger partial charge in [0.25, 0.3) is 5.91 Å². The lowest BCUT2D eigenvalue weighted by Gasteiger charge is -2.34. The van der Waals surface area contributed by atoms with Gasteiger partial charge in [0.2, 0.25) is 5.91 Å². The minimum atomic E-state index is 0.156. The average molecular weight is 394 g/mol. The van der Waals surface area contributed by atoms with Gasteiger partial charge in [-0.1, -0.05) is 30.3 Å². The van der Waals surface area contributed by atoms with E-state index in [4.69, 9.17) is 0 Å². The number of amides is 2. The molecule has 1 unspecified atom stereocenters. The zero-order valence-corrected chi connectivity index (χ0v) is 17.7. The van der Waals surface area contributed by atoms with Crippen molar-refractivity contribution in [1.82, 2.24) is 14.4 Å². The summed E-state index contributed by atoms with van der Waals surface area (Å²) in [5.74, 6) is 1.52. The normalized spacial score (nSPS) is 20.3. The molecule has 0 aliphatic carbocycles. The summed E-state index contributed by atoms with van der Waals surface area (Å²) in [4.78, 5) is 28.8. The van der Waals surface area contributed by atoms with E-state index in [1.807, 2.05) is 48.0 Å². The fraction of sp³-hybridized carbons (Fsp3) is 0.500. The number of benzene rings is 1. The Morgan fingerprint density at radius 3 is 2.21 bits per heavy atom. The number of rotatable bonds is 3. The number of piperidine rings is 1. The lowest BCUT2D eigenvalue weighted by molar-refractivity contribution is -0.130. The molecule has 1 aromatic heterocycles. The minimum absolute atomic E-state index is 0.156. The Hall–Kier alpha value is -2.56. The number of hydrogen-bond acceptors (Lipinski definition) is 2. The fourth-order valence-corrected chi connectivity index (χ4v) is 5.01. The lowest BCUT2D eigenvalue weighted by Crippen LogP contribution is -2.39. The van der Waals surface area contributed by atoms with E-state index in [0.717, 1.165) is 68.0 Å². The van der Waals surface area contributed by atoms with Gasteiger partial charge in [0.05, 0.1) is 5.56 Å². The highest BCUT2D eigenvalue weighted by Gasteiger charge is 2.35.